The number of aliphatic hydroxyl groups is 2. The van der Waals surface area contributed by atoms with E-state index in [1.807, 2.05) is 0 Å². The largest absolute Gasteiger partial charge is 0.468 e. The van der Waals surface area contributed by atoms with Gasteiger partial charge in [-0.15, -0.1) is 0 Å². The standard InChI is InChI=1S/C14H13NO5/c1-7-10(12(17)20-2)13(18)11(16)8-5-3-4-6-9(8)14(13,19)15-7/h3-6,10,18-19H,1-2H3/t10?,13-,14+/m0/s1. The summed E-state index contributed by atoms with van der Waals surface area (Å²) >= 11 is 0. The number of methoxy groups -OCH3 is 1. The average molecular weight is 275 g/mol. The maximum atomic E-state index is 12.5. The molecule has 0 fully saturated rings. The molecule has 0 saturated carbocycles. The Bertz CT molecular complexity index is 667. The van der Waals surface area contributed by atoms with Gasteiger partial charge in [-0.2, -0.15) is 0 Å². The van der Waals surface area contributed by atoms with Crippen LogP contribution in [0.25, 0.3) is 0 Å². The first-order valence-corrected chi connectivity index (χ1v) is 6.11. The Hall–Kier alpha value is -2.05. The number of ketones is 1. The van der Waals surface area contributed by atoms with Gasteiger partial charge in [0.1, 0.15) is 5.92 Å². The van der Waals surface area contributed by atoms with Crippen LogP contribution in [0.3, 0.4) is 0 Å². The second-order valence-electron chi connectivity index (χ2n) is 5.02. The number of Topliss-reactive ketones (excluding diaryl/α,β-unsaturated/α-hetero) is 1. The van der Waals surface area contributed by atoms with E-state index in [1.54, 1.807) is 12.1 Å². The average Bonchev–Trinajstić information content (AvgIpc) is 2.74. The van der Waals surface area contributed by atoms with Crippen LogP contribution in [0, 0.1) is 5.92 Å². The van der Waals surface area contributed by atoms with Crippen LogP contribution in [0.4, 0.5) is 0 Å². The number of rotatable bonds is 1. The van der Waals surface area contributed by atoms with Crippen LogP contribution >= 0.6 is 0 Å². The SMILES string of the molecule is COC(=O)C1C(C)=N[C@@]2(O)c3ccccc3C(=O)[C@@]12O. The third kappa shape index (κ3) is 1.18. The summed E-state index contributed by atoms with van der Waals surface area (Å²) in [6.07, 6.45) is 0. The summed E-state index contributed by atoms with van der Waals surface area (Å²) in [4.78, 5) is 28.4. The summed E-state index contributed by atoms with van der Waals surface area (Å²) in [5, 5.41) is 21.5. The summed E-state index contributed by atoms with van der Waals surface area (Å²) in [5.41, 5.74) is -3.93. The first-order valence-electron chi connectivity index (χ1n) is 6.11. The molecule has 2 aliphatic rings. The van der Waals surface area contributed by atoms with Crippen molar-refractivity contribution in [2.75, 3.05) is 7.11 Å². The van der Waals surface area contributed by atoms with E-state index in [-0.39, 0.29) is 16.8 Å². The van der Waals surface area contributed by atoms with E-state index in [0.29, 0.717) is 0 Å². The van der Waals surface area contributed by atoms with Crippen molar-refractivity contribution in [1.82, 2.24) is 0 Å². The van der Waals surface area contributed by atoms with Crippen molar-refractivity contribution in [1.29, 1.82) is 0 Å². The molecule has 0 aromatic heterocycles. The summed E-state index contributed by atoms with van der Waals surface area (Å²) in [7, 11) is 1.16. The molecule has 0 saturated heterocycles. The van der Waals surface area contributed by atoms with Gasteiger partial charge in [-0.1, -0.05) is 24.3 Å². The molecule has 1 heterocycles. The summed E-state index contributed by atoms with van der Waals surface area (Å²) in [5.74, 6) is -2.82. The Morgan fingerprint density at radius 2 is 2.00 bits per heavy atom. The molecular formula is C14H13NO5. The molecule has 1 aliphatic heterocycles. The van der Waals surface area contributed by atoms with E-state index in [0.717, 1.165) is 7.11 Å². The van der Waals surface area contributed by atoms with Crippen LogP contribution in [0.1, 0.15) is 22.8 Å². The van der Waals surface area contributed by atoms with Crippen molar-refractivity contribution in [3.05, 3.63) is 35.4 Å². The van der Waals surface area contributed by atoms with Crippen molar-refractivity contribution in [3.8, 4) is 0 Å². The number of aliphatic imine (C=N–C) groups is 1. The minimum Gasteiger partial charge on any atom is -0.468 e. The fourth-order valence-electron chi connectivity index (χ4n) is 3.11. The van der Waals surface area contributed by atoms with E-state index in [4.69, 9.17) is 0 Å². The molecule has 2 N–H and O–H groups in total. The van der Waals surface area contributed by atoms with Gasteiger partial charge >= 0.3 is 5.97 Å². The van der Waals surface area contributed by atoms with Crippen molar-refractivity contribution in [2.24, 2.45) is 10.9 Å². The molecule has 0 amide bonds. The number of benzene rings is 1. The first kappa shape index (κ1) is 13.0. The lowest BCUT2D eigenvalue weighted by Crippen LogP contribution is -2.56. The van der Waals surface area contributed by atoms with Crippen LogP contribution in [0.15, 0.2) is 29.3 Å². The Morgan fingerprint density at radius 3 is 2.65 bits per heavy atom. The fourth-order valence-corrected chi connectivity index (χ4v) is 3.11. The Balaban J connectivity index is 2.28. The van der Waals surface area contributed by atoms with Gasteiger partial charge in [0.15, 0.2) is 5.60 Å². The van der Waals surface area contributed by atoms with E-state index >= 15 is 0 Å². The van der Waals surface area contributed by atoms with Gasteiger partial charge in [-0.3, -0.25) is 14.6 Å². The molecule has 104 valence electrons. The first-order chi connectivity index (χ1) is 9.38. The van der Waals surface area contributed by atoms with Gasteiger partial charge in [0, 0.05) is 16.8 Å². The smallest absolute Gasteiger partial charge is 0.318 e. The summed E-state index contributed by atoms with van der Waals surface area (Å²) in [6, 6.07) is 6.26. The van der Waals surface area contributed by atoms with Crippen molar-refractivity contribution < 1.29 is 24.5 Å². The molecule has 0 radical (unpaired) electrons. The van der Waals surface area contributed by atoms with Crippen LogP contribution in [-0.2, 0) is 15.3 Å². The van der Waals surface area contributed by atoms with Gasteiger partial charge in [0.05, 0.1) is 7.11 Å². The minimum absolute atomic E-state index is 0.169. The Kier molecular flexibility index (Phi) is 2.42. The second kappa shape index (κ2) is 3.74. The highest BCUT2D eigenvalue weighted by Crippen LogP contribution is 2.53. The molecule has 3 atom stereocenters. The molecule has 0 spiro atoms. The van der Waals surface area contributed by atoms with Crippen LogP contribution in [-0.4, -0.2) is 40.4 Å². The number of esters is 1. The third-order valence-electron chi connectivity index (χ3n) is 4.04. The predicted octanol–water partition coefficient (Wildman–Crippen LogP) is 0.0228. The maximum absolute atomic E-state index is 12.5. The molecule has 1 aliphatic carbocycles. The number of hydrogen-bond donors (Lipinski definition) is 2. The van der Waals surface area contributed by atoms with Crippen molar-refractivity contribution in [3.63, 3.8) is 0 Å². The van der Waals surface area contributed by atoms with Gasteiger partial charge in [-0.25, -0.2) is 0 Å². The molecule has 20 heavy (non-hydrogen) atoms. The summed E-state index contributed by atoms with van der Waals surface area (Å²) < 4.78 is 4.63. The van der Waals surface area contributed by atoms with Crippen molar-refractivity contribution >= 4 is 17.5 Å². The molecule has 1 aromatic carbocycles. The highest BCUT2D eigenvalue weighted by atomic mass is 16.5. The van der Waals surface area contributed by atoms with Gasteiger partial charge in [0.25, 0.3) is 0 Å². The number of ether oxygens (including phenoxy) is 1. The number of carbonyl (C=O) groups excluding carboxylic acids is 2. The highest BCUT2D eigenvalue weighted by Gasteiger charge is 2.72. The minimum atomic E-state index is -2.34. The van der Waals surface area contributed by atoms with Gasteiger partial charge < -0.3 is 14.9 Å². The lowest BCUT2D eigenvalue weighted by molar-refractivity contribution is -0.162. The zero-order chi connectivity index (χ0) is 14.7. The molecule has 1 aromatic rings. The molecule has 1 unspecified atom stereocenters. The fraction of sp³-hybridized carbons (Fsp3) is 0.357. The number of carbonyl (C=O) groups is 2. The molecule has 6 heteroatoms. The maximum Gasteiger partial charge on any atom is 0.318 e. The summed E-state index contributed by atoms with van der Waals surface area (Å²) in [6.45, 7) is 1.48. The zero-order valence-electron chi connectivity index (χ0n) is 11.0. The number of fused-ring (bicyclic) bond motifs is 3. The predicted molar refractivity (Wildman–Crippen MR) is 68.2 cm³/mol. The zero-order valence-corrected chi connectivity index (χ0v) is 11.0. The normalized spacial score (nSPS) is 34.5. The molecule has 3 rings (SSSR count). The highest BCUT2D eigenvalue weighted by molar-refractivity contribution is 6.18. The second-order valence-corrected chi connectivity index (χ2v) is 5.02. The lowest BCUT2D eigenvalue weighted by atomic mass is 9.79. The quantitative estimate of drug-likeness (QED) is 0.704. The van der Waals surface area contributed by atoms with Crippen LogP contribution in [0.5, 0.6) is 0 Å². The van der Waals surface area contributed by atoms with Crippen LogP contribution < -0.4 is 0 Å². The van der Waals surface area contributed by atoms with Gasteiger partial charge in [-0.05, 0) is 6.92 Å². The van der Waals surface area contributed by atoms with E-state index in [9.17, 15) is 19.8 Å². The topological polar surface area (TPSA) is 96.2 Å². The van der Waals surface area contributed by atoms with Crippen molar-refractivity contribution in [2.45, 2.75) is 18.2 Å². The third-order valence-corrected chi connectivity index (χ3v) is 4.04. The number of nitrogens with zero attached hydrogens (tertiary/aromatic N) is 1. The Labute approximate surface area is 114 Å². The molecular weight excluding hydrogens is 262 g/mol. The van der Waals surface area contributed by atoms with E-state index in [1.165, 1.54) is 19.1 Å². The van der Waals surface area contributed by atoms with E-state index < -0.39 is 29.0 Å². The van der Waals surface area contributed by atoms with Gasteiger partial charge in [0.2, 0.25) is 11.5 Å². The Morgan fingerprint density at radius 1 is 1.35 bits per heavy atom. The lowest BCUT2D eigenvalue weighted by Gasteiger charge is -2.31. The van der Waals surface area contributed by atoms with E-state index in [2.05, 4.69) is 9.73 Å². The molecule has 6 nitrogen and oxygen atoms in total. The molecule has 0 bridgehead atoms. The monoisotopic (exact) mass is 275 g/mol. The number of hydrogen-bond acceptors (Lipinski definition) is 6. The van der Waals surface area contributed by atoms with Crippen LogP contribution in [0.2, 0.25) is 0 Å².